The van der Waals surface area contributed by atoms with Gasteiger partial charge in [-0.3, -0.25) is 9.69 Å². The van der Waals surface area contributed by atoms with Gasteiger partial charge in [0.05, 0.1) is 12.5 Å². The summed E-state index contributed by atoms with van der Waals surface area (Å²) in [5.41, 5.74) is 0. The smallest absolute Gasteiger partial charge is 0.308 e. The van der Waals surface area contributed by atoms with Crippen LogP contribution in [0.2, 0.25) is 0 Å². The summed E-state index contributed by atoms with van der Waals surface area (Å²) in [5.74, 6) is 2.51. The van der Waals surface area contributed by atoms with Gasteiger partial charge in [-0.25, -0.2) is 0 Å². The van der Waals surface area contributed by atoms with Crippen LogP contribution in [0, 0.1) is 11.8 Å². The minimum absolute atomic E-state index is 0.0784. The molecule has 2 fully saturated rings. The molecule has 3 rings (SSSR count). The van der Waals surface area contributed by atoms with Gasteiger partial charge in [0.25, 0.3) is 0 Å². The molecule has 2 aliphatic rings. The topological polar surface area (TPSA) is 53.7 Å². The lowest BCUT2D eigenvalue weighted by Gasteiger charge is -2.36. The van der Waals surface area contributed by atoms with E-state index in [9.17, 15) is 9.90 Å². The zero-order valence-electron chi connectivity index (χ0n) is 12.2. The van der Waals surface area contributed by atoms with Gasteiger partial charge in [-0.15, -0.1) is 0 Å². The van der Waals surface area contributed by atoms with Gasteiger partial charge in [-0.05, 0) is 50.8 Å². The van der Waals surface area contributed by atoms with Gasteiger partial charge < -0.3 is 9.52 Å². The Labute approximate surface area is 119 Å². The summed E-state index contributed by atoms with van der Waals surface area (Å²) in [6.45, 7) is 5.95. The van der Waals surface area contributed by atoms with Crippen LogP contribution in [0.5, 0.6) is 0 Å². The molecule has 0 spiro atoms. The van der Waals surface area contributed by atoms with Crippen LogP contribution in [-0.4, -0.2) is 28.6 Å². The third-order valence-electron chi connectivity index (χ3n) is 4.95. The Kier molecular flexibility index (Phi) is 3.59. The van der Waals surface area contributed by atoms with E-state index in [4.69, 9.17) is 4.42 Å². The Hall–Kier alpha value is -1.29. The molecule has 1 aliphatic carbocycles. The summed E-state index contributed by atoms with van der Waals surface area (Å²) in [4.78, 5) is 13.5. The van der Waals surface area contributed by atoms with Gasteiger partial charge in [-0.2, -0.15) is 0 Å². The van der Waals surface area contributed by atoms with Crippen molar-refractivity contribution in [1.82, 2.24) is 4.90 Å². The lowest BCUT2D eigenvalue weighted by Crippen LogP contribution is -2.45. The van der Waals surface area contributed by atoms with Crippen molar-refractivity contribution >= 4 is 5.97 Å². The highest BCUT2D eigenvalue weighted by atomic mass is 16.4. The first-order valence-corrected chi connectivity index (χ1v) is 7.61. The number of carbonyl (C=O) groups is 1. The number of piperidine rings is 1. The molecule has 2 unspecified atom stereocenters. The fourth-order valence-electron chi connectivity index (χ4n) is 3.36. The minimum Gasteiger partial charge on any atom is -0.481 e. The number of rotatable bonds is 4. The minimum atomic E-state index is -0.672. The van der Waals surface area contributed by atoms with E-state index in [0.29, 0.717) is 5.92 Å². The van der Waals surface area contributed by atoms with Gasteiger partial charge in [-0.1, -0.05) is 6.92 Å². The molecular weight excluding hydrogens is 254 g/mol. The van der Waals surface area contributed by atoms with Crippen molar-refractivity contribution in [3.63, 3.8) is 0 Å². The van der Waals surface area contributed by atoms with Crippen LogP contribution in [0.4, 0.5) is 0 Å². The molecule has 0 aromatic carbocycles. The molecule has 1 aromatic rings. The standard InChI is InChI=1S/C16H23NO3/c1-10-8-14(10)15-6-5-12(20-15)9-17-7-3-4-13(11(17)2)16(18)19/h5-6,10-11,13-14H,3-4,7-9H2,1-2H3,(H,18,19)/t10?,11-,13-,14?/m0/s1. The predicted molar refractivity (Wildman–Crippen MR) is 75.5 cm³/mol. The quantitative estimate of drug-likeness (QED) is 0.919. The van der Waals surface area contributed by atoms with E-state index in [2.05, 4.69) is 24.0 Å². The third kappa shape index (κ3) is 2.62. The molecule has 4 atom stereocenters. The van der Waals surface area contributed by atoms with Gasteiger partial charge in [0.15, 0.2) is 0 Å². The first kappa shape index (κ1) is 13.7. The monoisotopic (exact) mass is 277 g/mol. The average Bonchev–Trinajstić information content (AvgIpc) is 2.96. The number of aliphatic carboxylic acids is 1. The molecule has 110 valence electrons. The Morgan fingerprint density at radius 1 is 1.45 bits per heavy atom. The van der Waals surface area contributed by atoms with E-state index >= 15 is 0 Å². The number of carboxylic acid groups (broad SMARTS) is 1. The highest BCUT2D eigenvalue weighted by Gasteiger charge is 2.37. The van der Waals surface area contributed by atoms with E-state index in [1.807, 2.05) is 6.92 Å². The predicted octanol–water partition coefficient (Wildman–Crippen LogP) is 3.09. The maximum absolute atomic E-state index is 11.3. The Balaban J connectivity index is 1.64. The summed E-state index contributed by atoms with van der Waals surface area (Å²) >= 11 is 0. The number of hydrogen-bond acceptors (Lipinski definition) is 3. The zero-order valence-corrected chi connectivity index (χ0v) is 12.2. The summed E-state index contributed by atoms with van der Waals surface area (Å²) < 4.78 is 5.94. The second-order valence-corrected chi connectivity index (χ2v) is 6.42. The molecule has 0 amide bonds. The van der Waals surface area contributed by atoms with Gasteiger partial charge >= 0.3 is 5.97 Å². The van der Waals surface area contributed by atoms with E-state index in [-0.39, 0.29) is 12.0 Å². The highest BCUT2D eigenvalue weighted by molar-refractivity contribution is 5.70. The first-order chi connectivity index (χ1) is 9.56. The van der Waals surface area contributed by atoms with Gasteiger partial charge in [0.2, 0.25) is 0 Å². The number of carboxylic acids is 1. The SMILES string of the molecule is CC1CC1c1ccc(CN2CCC[C@H](C(=O)O)[C@@H]2C)o1. The molecule has 1 aliphatic heterocycles. The Bertz CT molecular complexity index is 496. The van der Waals surface area contributed by atoms with Crippen LogP contribution < -0.4 is 0 Å². The summed E-state index contributed by atoms with van der Waals surface area (Å²) in [6.07, 6.45) is 2.97. The van der Waals surface area contributed by atoms with Crippen molar-refractivity contribution in [3.8, 4) is 0 Å². The molecule has 4 heteroatoms. The Morgan fingerprint density at radius 3 is 2.85 bits per heavy atom. The maximum atomic E-state index is 11.3. The van der Waals surface area contributed by atoms with Crippen molar-refractivity contribution in [2.24, 2.45) is 11.8 Å². The van der Waals surface area contributed by atoms with E-state index in [1.165, 1.54) is 6.42 Å². The molecule has 20 heavy (non-hydrogen) atoms. The molecule has 2 heterocycles. The van der Waals surface area contributed by atoms with Gasteiger partial charge in [0.1, 0.15) is 11.5 Å². The number of nitrogens with zero attached hydrogens (tertiary/aromatic N) is 1. The van der Waals surface area contributed by atoms with Gasteiger partial charge in [0, 0.05) is 12.0 Å². The zero-order chi connectivity index (χ0) is 14.3. The van der Waals surface area contributed by atoms with Crippen molar-refractivity contribution in [1.29, 1.82) is 0 Å². The van der Waals surface area contributed by atoms with Crippen LogP contribution in [0.1, 0.15) is 50.5 Å². The lowest BCUT2D eigenvalue weighted by atomic mass is 9.90. The summed E-state index contributed by atoms with van der Waals surface area (Å²) in [6, 6.07) is 4.22. The molecule has 0 bridgehead atoms. The second-order valence-electron chi connectivity index (χ2n) is 6.42. The fourth-order valence-corrected chi connectivity index (χ4v) is 3.36. The molecule has 1 aromatic heterocycles. The van der Waals surface area contributed by atoms with Crippen molar-refractivity contribution in [2.75, 3.05) is 6.54 Å². The van der Waals surface area contributed by atoms with Crippen LogP contribution in [-0.2, 0) is 11.3 Å². The second kappa shape index (κ2) is 5.24. The average molecular weight is 277 g/mol. The highest BCUT2D eigenvalue weighted by Crippen LogP contribution is 2.47. The number of furan rings is 1. The lowest BCUT2D eigenvalue weighted by molar-refractivity contribution is -0.145. The molecule has 1 saturated heterocycles. The van der Waals surface area contributed by atoms with Crippen molar-refractivity contribution in [3.05, 3.63) is 23.7 Å². The first-order valence-electron chi connectivity index (χ1n) is 7.61. The maximum Gasteiger partial charge on any atom is 0.308 e. The van der Waals surface area contributed by atoms with Crippen LogP contribution in [0.15, 0.2) is 16.5 Å². The van der Waals surface area contributed by atoms with Crippen LogP contribution in [0.3, 0.4) is 0 Å². The molecule has 1 saturated carbocycles. The number of hydrogen-bond donors (Lipinski definition) is 1. The van der Waals surface area contributed by atoms with E-state index < -0.39 is 5.97 Å². The summed E-state index contributed by atoms with van der Waals surface area (Å²) in [5, 5.41) is 9.26. The normalized spacial score (nSPS) is 34.1. The van der Waals surface area contributed by atoms with Crippen molar-refractivity contribution < 1.29 is 14.3 Å². The van der Waals surface area contributed by atoms with E-state index in [0.717, 1.165) is 43.4 Å². The van der Waals surface area contributed by atoms with Crippen LogP contribution in [0.25, 0.3) is 0 Å². The van der Waals surface area contributed by atoms with Crippen molar-refractivity contribution in [2.45, 2.75) is 51.6 Å². The number of likely N-dealkylation sites (tertiary alicyclic amines) is 1. The molecule has 4 nitrogen and oxygen atoms in total. The molecule has 0 radical (unpaired) electrons. The third-order valence-corrected chi connectivity index (χ3v) is 4.95. The summed E-state index contributed by atoms with van der Waals surface area (Å²) in [7, 11) is 0. The fraction of sp³-hybridized carbons (Fsp3) is 0.688. The van der Waals surface area contributed by atoms with Crippen LogP contribution >= 0.6 is 0 Å². The largest absolute Gasteiger partial charge is 0.481 e. The van der Waals surface area contributed by atoms with E-state index in [1.54, 1.807) is 0 Å². The Morgan fingerprint density at radius 2 is 2.20 bits per heavy atom. The molecule has 1 N–H and O–H groups in total. The molecular formula is C16H23NO3.